The van der Waals surface area contributed by atoms with Crippen molar-refractivity contribution in [2.45, 2.75) is 26.8 Å². The van der Waals surface area contributed by atoms with Gasteiger partial charge in [0.1, 0.15) is 22.5 Å². The zero-order chi connectivity index (χ0) is 13.3. The summed E-state index contributed by atoms with van der Waals surface area (Å²) in [7, 11) is 0. The van der Waals surface area contributed by atoms with Gasteiger partial charge in [0, 0.05) is 17.3 Å². The van der Waals surface area contributed by atoms with Gasteiger partial charge in [-0.3, -0.25) is 0 Å². The predicted octanol–water partition coefficient (Wildman–Crippen LogP) is 3.70. The summed E-state index contributed by atoms with van der Waals surface area (Å²) in [6, 6.07) is 5.46. The Kier molecular flexibility index (Phi) is 3.48. The van der Waals surface area contributed by atoms with Gasteiger partial charge in [0.25, 0.3) is 0 Å². The van der Waals surface area contributed by atoms with Gasteiger partial charge in [-0.05, 0) is 32.9 Å². The second kappa shape index (κ2) is 4.90. The zero-order valence-corrected chi connectivity index (χ0v) is 11.4. The Hall–Kier alpha value is -1.68. The average Bonchev–Trinajstić information content (AvgIpc) is 2.56. The van der Waals surface area contributed by atoms with Crippen LogP contribution in [0.2, 0.25) is 5.15 Å². The molecule has 18 heavy (non-hydrogen) atoms. The van der Waals surface area contributed by atoms with Gasteiger partial charge in [0.05, 0.1) is 6.04 Å². The summed E-state index contributed by atoms with van der Waals surface area (Å²) < 4.78 is 5.51. The molecule has 0 aliphatic carbocycles. The van der Waals surface area contributed by atoms with Crippen molar-refractivity contribution < 1.29 is 4.42 Å². The molecule has 0 aromatic carbocycles. The summed E-state index contributed by atoms with van der Waals surface area (Å²) in [4.78, 5) is 4.18. The number of hydrogen-bond donors (Lipinski definition) is 2. The number of furan rings is 1. The third-order valence-corrected chi connectivity index (χ3v) is 2.92. The summed E-state index contributed by atoms with van der Waals surface area (Å²) in [5, 5.41) is 3.64. The number of aromatic nitrogens is 1. The molecule has 0 radical (unpaired) electrons. The number of anilines is 2. The van der Waals surface area contributed by atoms with Gasteiger partial charge in [-0.15, -0.1) is 0 Å². The van der Waals surface area contributed by atoms with Crippen LogP contribution >= 0.6 is 11.6 Å². The van der Waals surface area contributed by atoms with Crippen molar-refractivity contribution >= 4 is 23.1 Å². The van der Waals surface area contributed by atoms with Crippen LogP contribution in [0.1, 0.15) is 30.0 Å². The smallest absolute Gasteiger partial charge is 0.133 e. The normalized spacial score (nSPS) is 12.4. The van der Waals surface area contributed by atoms with Gasteiger partial charge < -0.3 is 15.5 Å². The van der Waals surface area contributed by atoms with Crippen molar-refractivity contribution in [2.24, 2.45) is 0 Å². The molecule has 3 N–H and O–H groups in total. The third kappa shape index (κ3) is 2.76. The molecule has 5 heteroatoms. The van der Waals surface area contributed by atoms with Gasteiger partial charge in [0.2, 0.25) is 0 Å². The number of nitrogens with two attached hydrogens (primary N) is 1. The first-order valence-electron chi connectivity index (χ1n) is 5.72. The van der Waals surface area contributed by atoms with Crippen LogP contribution in [0.4, 0.5) is 11.5 Å². The largest absolute Gasteiger partial charge is 0.466 e. The maximum atomic E-state index is 5.87. The lowest BCUT2D eigenvalue weighted by atomic mass is 10.1. The lowest BCUT2D eigenvalue weighted by Gasteiger charge is -2.14. The van der Waals surface area contributed by atoms with Crippen LogP contribution in [0.3, 0.4) is 0 Å². The summed E-state index contributed by atoms with van der Waals surface area (Å²) >= 11 is 5.87. The third-order valence-electron chi connectivity index (χ3n) is 2.73. The van der Waals surface area contributed by atoms with E-state index < -0.39 is 0 Å². The first-order chi connectivity index (χ1) is 8.45. The number of aryl methyl sites for hydroxylation is 2. The molecule has 0 bridgehead atoms. The van der Waals surface area contributed by atoms with E-state index in [2.05, 4.69) is 10.3 Å². The molecule has 0 saturated heterocycles. The van der Waals surface area contributed by atoms with Crippen molar-refractivity contribution in [2.75, 3.05) is 11.1 Å². The molecule has 0 saturated carbocycles. The number of hydrogen-bond acceptors (Lipinski definition) is 4. The Bertz CT molecular complexity index is 545. The zero-order valence-electron chi connectivity index (χ0n) is 10.6. The minimum Gasteiger partial charge on any atom is -0.466 e. The van der Waals surface area contributed by atoms with E-state index in [0.717, 1.165) is 17.1 Å². The molecule has 4 nitrogen and oxygen atoms in total. The Morgan fingerprint density at radius 2 is 2.06 bits per heavy atom. The average molecular weight is 266 g/mol. The monoisotopic (exact) mass is 265 g/mol. The molecule has 0 aliphatic rings. The molecular weight excluding hydrogens is 250 g/mol. The molecule has 0 spiro atoms. The fraction of sp³-hybridized carbons (Fsp3) is 0.308. The van der Waals surface area contributed by atoms with E-state index in [4.69, 9.17) is 21.8 Å². The number of rotatable bonds is 3. The molecule has 96 valence electrons. The Morgan fingerprint density at radius 1 is 1.33 bits per heavy atom. The van der Waals surface area contributed by atoms with E-state index in [9.17, 15) is 0 Å². The molecule has 2 aromatic rings. The Balaban J connectivity index is 2.20. The minimum absolute atomic E-state index is 0.0767. The van der Waals surface area contributed by atoms with Gasteiger partial charge >= 0.3 is 0 Å². The number of nitrogens with zero attached hydrogens (tertiary/aromatic N) is 1. The summed E-state index contributed by atoms with van der Waals surface area (Å²) in [5.41, 5.74) is 7.42. The van der Waals surface area contributed by atoms with Crippen LogP contribution in [0.15, 0.2) is 22.6 Å². The van der Waals surface area contributed by atoms with Crippen LogP contribution in [-0.2, 0) is 0 Å². The molecule has 1 atom stereocenters. The highest BCUT2D eigenvalue weighted by Crippen LogP contribution is 2.25. The van der Waals surface area contributed by atoms with E-state index in [0.29, 0.717) is 16.7 Å². The van der Waals surface area contributed by atoms with Crippen molar-refractivity contribution in [3.8, 4) is 0 Å². The van der Waals surface area contributed by atoms with Gasteiger partial charge in [-0.2, -0.15) is 0 Å². The van der Waals surface area contributed by atoms with Crippen molar-refractivity contribution in [1.82, 2.24) is 4.98 Å². The first kappa shape index (κ1) is 12.8. The van der Waals surface area contributed by atoms with Gasteiger partial charge in [-0.1, -0.05) is 11.6 Å². The molecular formula is C13H16ClN3O. The number of pyridine rings is 1. The number of halogens is 1. The fourth-order valence-electron chi connectivity index (χ4n) is 1.97. The molecule has 1 unspecified atom stereocenters. The highest BCUT2D eigenvalue weighted by Gasteiger charge is 2.13. The van der Waals surface area contributed by atoms with E-state index in [1.807, 2.05) is 26.8 Å². The quantitative estimate of drug-likeness (QED) is 0.831. The van der Waals surface area contributed by atoms with Crippen LogP contribution < -0.4 is 11.1 Å². The second-order valence-corrected chi connectivity index (χ2v) is 4.73. The maximum absolute atomic E-state index is 5.87. The molecule has 2 aromatic heterocycles. The minimum atomic E-state index is 0.0767. The lowest BCUT2D eigenvalue weighted by Crippen LogP contribution is -2.08. The second-order valence-electron chi connectivity index (χ2n) is 4.34. The number of nitrogen functional groups attached to an aromatic ring is 1. The van der Waals surface area contributed by atoms with Crippen molar-refractivity contribution in [3.05, 3.63) is 40.4 Å². The Morgan fingerprint density at radius 3 is 2.61 bits per heavy atom. The Labute approximate surface area is 111 Å². The predicted molar refractivity (Wildman–Crippen MR) is 73.9 cm³/mol. The van der Waals surface area contributed by atoms with Crippen LogP contribution in [-0.4, -0.2) is 4.98 Å². The topological polar surface area (TPSA) is 64.1 Å². The van der Waals surface area contributed by atoms with Crippen molar-refractivity contribution in [1.29, 1.82) is 0 Å². The van der Waals surface area contributed by atoms with E-state index >= 15 is 0 Å². The standard InChI is InChI=1S/C13H16ClN3O/c1-7-4-11(9(3)18-7)8(2)16-13-6-10(15)5-12(14)17-13/h4-6,8H,1-3H3,(H3,15,16,17). The summed E-state index contributed by atoms with van der Waals surface area (Å²) in [5.74, 6) is 2.46. The van der Waals surface area contributed by atoms with E-state index in [1.54, 1.807) is 12.1 Å². The van der Waals surface area contributed by atoms with Crippen LogP contribution in [0.25, 0.3) is 0 Å². The molecule has 0 amide bonds. The molecule has 2 heterocycles. The highest BCUT2D eigenvalue weighted by atomic mass is 35.5. The maximum Gasteiger partial charge on any atom is 0.133 e. The highest BCUT2D eigenvalue weighted by molar-refractivity contribution is 6.29. The lowest BCUT2D eigenvalue weighted by molar-refractivity contribution is 0.500. The van der Waals surface area contributed by atoms with E-state index in [1.165, 1.54) is 0 Å². The van der Waals surface area contributed by atoms with Gasteiger partial charge in [-0.25, -0.2) is 4.98 Å². The first-order valence-corrected chi connectivity index (χ1v) is 6.10. The number of nitrogens with one attached hydrogen (secondary N) is 1. The van der Waals surface area contributed by atoms with Gasteiger partial charge in [0.15, 0.2) is 0 Å². The molecule has 2 rings (SSSR count). The SMILES string of the molecule is Cc1cc(C(C)Nc2cc(N)cc(Cl)n2)c(C)o1. The fourth-order valence-corrected chi connectivity index (χ4v) is 2.19. The molecule has 0 fully saturated rings. The van der Waals surface area contributed by atoms with E-state index in [-0.39, 0.29) is 6.04 Å². The van der Waals surface area contributed by atoms with Crippen molar-refractivity contribution in [3.63, 3.8) is 0 Å². The summed E-state index contributed by atoms with van der Waals surface area (Å²) in [6.07, 6.45) is 0. The molecule has 0 aliphatic heterocycles. The van der Waals surface area contributed by atoms with Crippen LogP contribution in [0.5, 0.6) is 0 Å². The summed E-state index contributed by atoms with van der Waals surface area (Å²) in [6.45, 7) is 5.91. The van der Waals surface area contributed by atoms with Crippen LogP contribution in [0, 0.1) is 13.8 Å².